The molecule has 0 radical (unpaired) electrons. The number of ether oxygens (including phenoxy) is 1. The highest BCUT2D eigenvalue weighted by molar-refractivity contribution is 14.0. The topological polar surface area (TPSA) is 83.0 Å². The molecule has 0 aliphatic carbocycles. The van der Waals surface area contributed by atoms with Crippen LogP contribution in [0, 0.1) is 0 Å². The number of esters is 1. The Labute approximate surface area is 167 Å². The summed E-state index contributed by atoms with van der Waals surface area (Å²) in [6, 6.07) is 9.50. The van der Waals surface area contributed by atoms with Gasteiger partial charge in [-0.3, -0.25) is 4.79 Å². The molecule has 0 amide bonds. The lowest BCUT2D eigenvalue weighted by molar-refractivity contribution is -0.140. The fraction of sp³-hybridized carbons (Fsp3) is 0.556. The van der Waals surface area contributed by atoms with Gasteiger partial charge in [0.05, 0.1) is 13.7 Å². The zero-order valence-electron chi connectivity index (χ0n) is 15.2. The molecule has 0 saturated heterocycles. The van der Waals surface area contributed by atoms with Crippen LogP contribution in [0.25, 0.3) is 0 Å². The van der Waals surface area contributed by atoms with Crippen molar-refractivity contribution in [3.05, 3.63) is 35.9 Å². The van der Waals surface area contributed by atoms with E-state index in [1.807, 2.05) is 37.3 Å². The second kappa shape index (κ2) is 12.9. The molecule has 0 aliphatic rings. The number of aliphatic hydroxyl groups is 1. The number of benzene rings is 1. The number of halogens is 1. The highest BCUT2D eigenvalue weighted by atomic mass is 127. The fourth-order valence-corrected chi connectivity index (χ4v) is 2.17. The molecule has 142 valence electrons. The van der Waals surface area contributed by atoms with Gasteiger partial charge in [-0.25, -0.2) is 4.99 Å². The molecule has 0 saturated carbocycles. The van der Waals surface area contributed by atoms with Gasteiger partial charge < -0.3 is 20.5 Å². The first kappa shape index (κ1) is 23.6. The van der Waals surface area contributed by atoms with E-state index in [2.05, 4.69) is 20.4 Å². The van der Waals surface area contributed by atoms with Crippen molar-refractivity contribution in [3.63, 3.8) is 0 Å². The molecule has 0 heterocycles. The molecule has 6 nitrogen and oxygen atoms in total. The summed E-state index contributed by atoms with van der Waals surface area (Å²) in [6.07, 6.45) is 2.03. The number of nitrogens with zero attached hydrogens (tertiary/aromatic N) is 1. The summed E-state index contributed by atoms with van der Waals surface area (Å²) in [5, 5.41) is 17.0. The molecule has 7 heteroatoms. The molecule has 0 aromatic heterocycles. The van der Waals surface area contributed by atoms with Crippen LogP contribution in [0.15, 0.2) is 35.3 Å². The Kier molecular flexibility index (Phi) is 12.2. The van der Waals surface area contributed by atoms with Crippen molar-refractivity contribution in [2.45, 2.75) is 38.7 Å². The lowest BCUT2D eigenvalue weighted by Gasteiger charge is -2.22. The van der Waals surface area contributed by atoms with Crippen molar-refractivity contribution < 1.29 is 14.6 Å². The Morgan fingerprint density at radius 1 is 1.24 bits per heavy atom. The number of hydrogen-bond acceptors (Lipinski definition) is 4. The van der Waals surface area contributed by atoms with Gasteiger partial charge in [0.25, 0.3) is 0 Å². The van der Waals surface area contributed by atoms with Gasteiger partial charge in [-0.15, -0.1) is 24.0 Å². The summed E-state index contributed by atoms with van der Waals surface area (Å²) in [5.74, 6) is 0.473. The van der Waals surface area contributed by atoms with Crippen molar-refractivity contribution in [2.75, 3.05) is 26.7 Å². The molecule has 25 heavy (non-hydrogen) atoms. The number of carbonyl (C=O) groups excluding carboxylic acids is 1. The van der Waals surface area contributed by atoms with Gasteiger partial charge in [0.1, 0.15) is 5.60 Å². The number of methoxy groups -OCH3 is 1. The lowest BCUT2D eigenvalue weighted by Crippen LogP contribution is -2.39. The molecular formula is C18H30IN3O3. The summed E-state index contributed by atoms with van der Waals surface area (Å²) in [6.45, 7) is 5.45. The van der Waals surface area contributed by atoms with E-state index in [1.165, 1.54) is 7.11 Å². The van der Waals surface area contributed by atoms with Crippen LogP contribution in [0.4, 0.5) is 0 Å². The summed E-state index contributed by atoms with van der Waals surface area (Å²) in [4.78, 5) is 15.5. The van der Waals surface area contributed by atoms with Crippen LogP contribution in [0.5, 0.6) is 0 Å². The Bertz CT molecular complexity index is 522. The second-order valence-electron chi connectivity index (χ2n) is 5.80. The first-order valence-corrected chi connectivity index (χ1v) is 8.36. The molecule has 0 aliphatic heterocycles. The second-order valence-corrected chi connectivity index (χ2v) is 5.80. The van der Waals surface area contributed by atoms with Gasteiger partial charge in [0.2, 0.25) is 0 Å². The molecule has 1 unspecified atom stereocenters. The van der Waals surface area contributed by atoms with Crippen molar-refractivity contribution in [1.82, 2.24) is 10.6 Å². The third-order valence-electron chi connectivity index (χ3n) is 3.61. The van der Waals surface area contributed by atoms with E-state index < -0.39 is 5.60 Å². The minimum atomic E-state index is -1.02. The van der Waals surface area contributed by atoms with Gasteiger partial charge in [-0.05, 0) is 32.3 Å². The first-order chi connectivity index (χ1) is 11.5. The van der Waals surface area contributed by atoms with Crippen LogP contribution >= 0.6 is 24.0 Å². The van der Waals surface area contributed by atoms with Gasteiger partial charge in [0, 0.05) is 19.5 Å². The maximum Gasteiger partial charge on any atom is 0.305 e. The third kappa shape index (κ3) is 9.64. The predicted molar refractivity (Wildman–Crippen MR) is 111 cm³/mol. The number of guanidine groups is 1. The Morgan fingerprint density at radius 2 is 1.92 bits per heavy atom. The SMILES string of the molecule is CCNC(=NCC(C)(O)c1ccccc1)NCCCCC(=O)OC.I. The van der Waals surface area contributed by atoms with Gasteiger partial charge in [0.15, 0.2) is 5.96 Å². The standard InChI is InChI=1S/C18H29N3O3.HI/c1-4-19-17(20-13-9-8-12-16(22)24-3)21-14-18(2,23)15-10-6-5-7-11-15;/h5-7,10-11,23H,4,8-9,12-14H2,1-3H3,(H2,19,20,21);1H. The Balaban J connectivity index is 0.00000576. The number of rotatable bonds is 9. The maximum atomic E-state index is 11.1. The molecule has 0 fully saturated rings. The zero-order valence-corrected chi connectivity index (χ0v) is 17.6. The molecule has 1 atom stereocenters. The molecule has 0 spiro atoms. The van der Waals surface area contributed by atoms with E-state index in [0.717, 1.165) is 24.9 Å². The van der Waals surface area contributed by atoms with Crippen molar-refractivity contribution in [1.29, 1.82) is 0 Å². The smallest absolute Gasteiger partial charge is 0.305 e. The van der Waals surface area contributed by atoms with E-state index >= 15 is 0 Å². The summed E-state index contributed by atoms with van der Waals surface area (Å²) < 4.78 is 4.61. The Hall–Kier alpha value is -1.35. The number of nitrogens with one attached hydrogen (secondary N) is 2. The normalized spacial score (nSPS) is 13.4. The third-order valence-corrected chi connectivity index (χ3v) is 3.61. The zero-order chi connectivity index (χ0) is 17.8. The lowest BCUT2D eigenvalue weighted by atomic mass is 9.96. The molecular weight excluding hydrogens is 433 g/mol. The van der Waals surface area contributed by atoms with Crippen molar-refractivity contribution >= 4 is 35.9 Å². The van der Waals surface area contributed by atoms with E-state index in [-0.39, 0.29) is 36.5 Å². The quantitative estimate of drug-likeness (QED) is 0.172. The Morgan fingerprint density at radius 3 is 2.52 bits per heavy atom. The summed E-state index contributed by atoms with van der Waals surface area (Å²) >= 11 is 0. The van der Waals surface area contributed by atoms with E-state index in [9.17, 15) is 9.90 Å². The molecule has 1 rings (SSSR count). The van der Waals surface area contributed by atoms with Gasteiger partial charge in [-0.2, -0.15) is 0 Å². The van der Waals surface area contributed by atoms with Crippen LogP contribution in [0.2, 0.25) is 0 Å². The van der Waals surface area contributed by atoms with E-state index in [0.29, 0.717) is 18.9 Å². The van der Waals surface area contributed by atoms with Crippen LogP contribution in [0.3, 0.4) is 0 Å². The van der Waals surface area contributed by atoms with Crippen molar-refractivity contribution in [3.8, 4) is 0 Å². The molecule has 1 aromatic rings. The van der Waals surface area contributed by atoms with Gasteiger partial charge >= 0.3 is 5.97 Å². The highest BCUT2D eigenvalue weighted by Gasteiger charge is 2.22. The predicted octanol–water partition coefficient (Wildman–Crippen LogP) is 2.41. The minimum Gasteiger partial charge on any atom is -0.469 e. The maximum absolute atomic E-state index is 11.1. The molecule has 1 aromatic carbocycles. The monoisotopic (exact) mass is 463 g/mol. The summed E-state index contributed by atoms with van der Waals surface area (Å²) in [7, 11) is 1.40. The fourth-order valence-electron chi connectivity index (χ4n) is 2.17. The number of hydrogen-bond donors (Lipinski definition) is 3. The first-order valence-electron chi connectivity index (χ1n) is 8.36. The average molecular weight is 463 g/mol. The number of aliphatic imine (C=N–C) groups is 1. The molecule has 0 bridgehead atoms. The van der Waals surface area contributed by atoms with Crippen molar-refractivity contribution in [2.24, 2.45) is 4.99 Å². The number of carbonyl (C=O) groups is 1. The van der Waals surface area contributed by atoms with Gasteiger partial charge in [-0.1, -0.05) is 30.3 Å². The van der Waals surface area contributed by atoms with Crippen LogP contribution < -0.4 is 10.6 Å². The van der Waals surface area contributed by atoms with Crippen LogP contribution in [-0.4, -0.2) is 43.8 Å². The summed E-state index contributed by atoms with van der Waals surface area (Å²) in [5.41, 5.74) is -0.184. The highest BCUT2D eigenvalue weighted by Crippen LogP contribution is 2.20. The largest absolute Gasteiger partial charge is 0.469 e. The van der Waals surface area contributed by atoms with E-state index in [1.54, 1.807) is 6.92 Å². The minimum absolute atomic E-state index is 0. The molecule has 3 N–H and O–H groups in total. The van der Waals surface area contributed by atoms with E-state index in [4.69, 9.17) is 0 Å². The van der Waals surface area contributed by atoms with Crippen LogP contribution in [-0.2, 0) is 15.1 Å². The number of unbranched alkanes of at least 4 members (excludes halogenated alkanes) is 1. The average Bonchev–Trinajstić information content (AvgIpc) is 2.59. The van der Waals surface area contributed by atoms with Crippen LogP contribution in [0.1, 0.15) is 38.7 Å².